The van der Waals surface area contributed by atoms with Gasteiger partial charge in [-0.25, -0.2) is 0 Å². The second-order valence-electron chi connectivity index (χ2n) is 5.44. The Morgan fingerprint density at radius 3 is 2.48 bits per heavy atom. The first kappa shape index (κ1) is 18.3. The summed E-state index contributed by atoms with van der Waals surface area (Å²) in [5.74, 6) is 0.960. The molecule has 5 heteroatoms. The highest BCUT2D eigenvalue weighted by atomic mass is 16.5. The average molecular weight is 338 g/mol. The number of benzene rings is 2. The lowest BCUT2D eigenvalue weighted by molar-refractivity contribution is 0.102. The van der Waals surface area contributed by atoms with Crippen molar-refractivity contribution in [2.45, 2.75) is 26.7 Å². The summed E-state index contributed by atoms with van der Waals surface area (Å²) in [5, 5.41) is 11.6. The molecule has 0 saturated carbocycles. The van der Waals surface area contributed by atoms with Gasteiger partial charge in [-0.15, -0.1) is 0 Å². The van der Waals surface area contributed by atoms with Crippen LogP contribution in [0, 0.1) is 11.3 Å². The van der Waals surface area contributed by atoms with Crippen LogP contribution in [0.1, 0.15) is 42.6 Å². The van der Waals surface area contributed by atoms with Crippen LogP contribution in [-0.4, -0.2) is 19.1 Å². The van der Waals surface area contributed by atoms with Gasteiger partial charge in [0.2, 0.25) is 0 Å². The average Bonchev–Trinajstić information content (AvgIpc) is 2.64. The van der Waals surface area contributed by atoms with Crippen LogP contribution in [0.3, 0.4) is 0 Å². The first-order valence-corrected chi connectivity index (χ1v) is 8.39. The molecular formula is C20H22N2O3. The quantitative estimate of drug-likeness (QED) is 0.725. The van der Waals surface area contributed by atoms with Gasteiger partial charge in [0, 0.05) is 11.3 Å². The molecule has 0 fully saturated rings. The van der Waals surface area contributed by atoms with Crippen molar-refractivity contribution in [2.75, 3.05) is 18.5 Å². The third-order valence-corrected chi connectivity index (χ3v) is 3.53. The zero-order chi connectivity index (χ0) is 18.1. The normalized spacial score (nSPS) is 9.96. The van der Waals surface area contributed by atoms with Crippen molar-refractivity contribution in [1.29, 1.82) is 5.26 Å². The number of nitrogens with zero attached hydrogens (tertiary/aromatic N) is 1. The van der Waals surface area contributed by atoms with Gasteiger partial charge in [-0.1, -0.05) is 13.3 Å². The molecule has 1 N–H and O–H groups in total. The van der Waals surface area contributed by atoms with Crippen molar-refractivity contribution in [3.63, 3.8) is 0 Å². The smallest absolute Gasteiger partial charge is 0.255 e. The van der Waals surface area contributed by atoms with E-state index in [-0.39, 0.29) is 5.91 Å². The van der Waals surface area contributed by atoms with Crippen LogP contribution in [0.2, 0.25) is 0 Å². The van der Waals surface area contributed by atoms with Gasteiger partial charge in [0.15, 0.2) is 11.5 Å². The Kier molecular flexibility index (Phi) is 6.85. The molecule has 25 heavy (non-hydrogen) atoms. The van der Waals surface area contributed by atoms with Crippen molar-refractivity contribution in [2.24, 2.45) is 0 Å². The number of ether oxygens (including phenoxy) is 2. The Hall–Kier alpha value is -3.00. The molecule has 0 aromatic heterocycles. The minimum atomic E-state index is -0.245. The molecule has 0 aliphatic carbocycles. The van der Waals surface area contributed by atoms with Crippen LogP contribution in [0.4, 0.5) is 5.69 Å². The molecule has 2 aromatic carbocycles. The number of nitriles is 1. The number of carbonyl (C=O) groups excluding carboxylic acids is 1. The number of anilines is 1. The van der Waals surface area contributed by atoms with E-state index < -0.39 is 0 Å². The van der Waals surface area contributed by atoms with E-state index in [1.807, 2.05) is 13.0 Å². The van der Waals surface area contributed by atoms with Crippen molar-refractivity contribution in [3.8, 4) is 17.6 Å². The minimum Gasteiger partial charge on any atom is -0.490 e. The summed E-state index contributed by atoms with van der Waals surface area (Å²) >= 11 is 0. The summed E-state index contributed by atoms with van der Waals surface area (Å²) < 4.78 is 11.3. The molecule has 2 aromatic rings. The van der Waals surface area contributed by atoms with Gasteiger partial charge < -0.3 is 14.8 Å². The molecule has 0 aliphatic heterocycles. The van der Waals surface area contributed by atoms with Crippen molar-refractivity contribution in [1.82, 2.24) is 0 Å². The third-order valence-electron chi connectivity index (χ3n) is 3.53. The molecule has 0 radical (unpaired) electrons. The van der Waals surface area contributed by atoms with Gasteiger partial charge >= 0.3 is 0 Å². The molecule has 5 nitrogen and oxygen atoms in total. The summed E-state index contributed by atoms with van der Waals surface area (Å²) in [7, 11) is 0. The fourth-order valence-electron chi connectivity index (χ4n) is 2.19. The van der Waals surface area contributed by atoms with Crippen molar-refractivity contribution < 1.29 is 14.3 Å². The Morgan fingerprint density at radius 2 is 1.84 bits per heavy atom. The molecule has 0 atom stereocenters. The van der Waals surface area contributed by atoms with E-state index >= 15 is 0 Å². The molecule has 0 unspecified atom stereocenters. The Bertz CT molecular complexity index is 749. The van der Waals surface area contributed by atoms with Gasteiger partial charge in [0.25, 0.3) is 5.91 Å². The second-order valence-corrected chi connectivity index (χ2v) is 5.44. The Morgan fingerprint density at radius 1 is 1.08 bits per heavy atom. The van der Waals surface area contributed by atoms with E-state index in [2.05, 4.69) is 12.2 Å². The van der Waals surface area contributed by atoms with Gasteiger partial charge in [-0.2, -0.15) is 5.26 Å². The van der Waals surface area contributed by atoms with E-state index in [1.165, 1.54) is 0 Å². The highest BCUT2D eigenvalue weighted by molar-refractivity contribution is 6.04. The molecule has 0 spiro atoms. The van der Waals surface area contributed by atoms with Gasteiger partial charge in [0.1, 0.15) is 0 Å². The third kappa shape index (κ3) is 5.25. The van der Waals surface area contributed by atoms with Gasteiger partial charge in [-0.05, 0) is 55.8 Å². The SMILES string of the molecule is CCCCOc1ccc(C(=O)Nc2ccc(C#N)cc2)cc1OCC. The highest BCUT2D eigenvalue weighted by Crippen LogP contribution is 2.29. The lowest BCUT2D eigenvalue weighted by Crippen LogP contribution is -2.12. The first-order chi connectivity index (χ1) is 12.2. The lowest BCUT2D eigenvalue weighted by atomic mass is 10.1. The van der Waals surface area contributed by atoms with E-state index in [1.54, 1.807) is 42.5 Å². The maximum Gasteiger partial charge on any atom is 0.255 e. The zero-order valence-electron chi connectivity index (χ0n) is 14.5. The van der Waals surface area contributed by atoms with Crippen molar-refractivity contribution >= 4 is 11.6 Å². The van der Waals surface area contributed by atoms with E-state index in [0.717, 1.165) is 12.8 Å². The minimum absolute atomic E-state index is 0.245. The van der Waals surface area contributed by atoms with E-state index in [0.29, 0.717) is 41.5 Å². The number of rotatable bonds is 8. The zero-order valence-corrected chi connectivity index (χ0v) is 14.5. The highest BCUT2D eigenvalue weighted by Gasteiger charge is 2.12. The largest absolute Gasteiger partial charge is 0.490 e. The molecular weight excluding hydrogens is 316 g/mol. The van der Waals surface area contributed by atoms with E-state index in [9.17, 15) is 4.79 Å². The summed E-state index contributed by atoms with van der Waals surface area (Å²) in [4.78, 5) is 12.4. The van der Waals surface area contributed by atoms with Crippen LogP contribution in [0.25, 0.3) is 0 Å². The number of amides is 1. The molecule has 0 aliphatic rings. The predicted octanol–water partition coefficient (Wildman–Crippen LogP) is 4.39. The number of hydrogen-bond donors (Lipinski definition) is 1. The van der Waals surface area contributed by atoms with Gasteiger partial charge in [0.05, 0.1) is 24.8 Å². The monoisotopic (exact) mass is 338 g/mol. The van der Waals surface area contributed by atoms with Crippen LogP contribution < -0.4 is 14.8 Å². The fraction of sp³-hybridized carbons (Fsp3) is 0.300. The summed E-state index contributed by atoms with van der Waals surface area (Å²) in [6, 6.07) is 13.9. The number of carbonyl (C=O) groups is 1. The maximum atomic E-state index is 12.4. The van der Waals surface area contributed by atoms with Crippen LogP contribution >= 0.6 is 0 Å². The van der Waals surface area contributed by atoms with E-state index in [4.69, 9.17) is 14.7 Å². The first-order valence-electron chi connectivity index (χ1n) is 8.39. The predicted molar refractivity (Wildman–Crippen MR) is 97.1 cm³/mol. The summed E-state index contributed by atoms with van der Waals surface area (Å²) in [6.45, 7) is 5.10. The Balaban J connectivity index is 2.12. The molecule has 0 saturated heterocycles. The molecule has 2 rings (SSSR count). The van der Waals surface area contributed by atoms with Crippen LogP contribution in [0.5, 0.6) is 11.5 Å². The number of nitrogens with one attached hydrogen (secondary N) is 1. The molecule has 0 heterocycles. The topological polar surface area (TPSA) is 71.3 Å². The molecule has 0 bridgehead atoms. The number of hydrogen-bond acceptors (Lipinski definition) is 4. The van der Waals surface area contributed by atoms with Crippen LogP contribution in [-0.2, 0) is 0 Å². The maximum absolute atomic E-state index is 12.4. The Labute approximate surface area is 148 Å². The summed E-state index contributed by atoms with van der Waals surface area (Å²) in [6.07, 6.45) is 2.02. The van der Waals surface area contributed by atoms with Gasteiger partial charge in [-0.3, -0.25) is 4.79 Å². The van der Waals surface area contributed by atoms with Crippen molar-refractivity contribution in [3.05, 3.63) is 53.6 Å². The fourth-order valence-corrected chi connectivity index (χ4v) is 2.19. The summed E-state index contributed by atoms with van der Waals surface area (Å²) in [5.41, 5.74) is 1.66. The number of unbranched alkanes of at least 4 members (excludes halogenated alkanes) is 1. The van der Waals surface area contributed by atoms with Crippen LogP contribution in [0.15, 0.2) is 42.5 Å². The standard InChI is InChI=1S/C20H22N2O3/c1-3-5-12-25-18-11-8-16(13-19(18)24-4-2)20(23)22-17-9-6-15(14-21)7-10-17/h6-11,13H,3-5,12H2,1-2H3,(H,22,23). The molecule has 130 valence electrons. The molecule has 1 amide bonds. The second kappa shape index (κ2) is 9.33. The lowest BCUT2D eigenvalue weighted by Gasteiger charge is -2.13.